The number of hydrogen-bond donors (Lipinski definition) is 0. The number of hydrogen-bond acceptors (Lipinski definition) is 0. The smallest absolute Gasteiger partial charge is 0.00495 e. The van der Waals surface area contributed by atoms with E-state index in [0.29, 0.717) is 10.8 Å². The lowest BCUT2D eigenvalue weighted by Crippen LogP contribution is -2.46. The number of rotatable bonds is 2. The molecule has 0 aromatic rings. The molecule has 4 aliphatic rings. The van der Waals surface area contributed by atoms with E-state index in [9.17, 15) is 0 Å². The van der Waals surface area contributed by atoms with Crippen molar-refractivity contribution in [1.82, 2.24) is 0 Å². The van der Waals surface area contributed by atoms with E-state index < -0.39 is 0 Å². The third-order valence-corrected chi connectivity index (χ3v) is 11.2. The van der Waals surface area contributed by atoms with Crippen molar-refractivity contribution in [1.29, 1.82) is 0 Å². The molecule has 2 bridgehead atoms. The van der Waals surface area contributed by atoms with Gasteiger partial charge in [-0.25, -0.2) is 0 Å². The molecule has 4 rings (SSSR count). The van der Waals surface area contributed by atoms with Crippen LogP contribution in [-0.2, 0) is 0 Å². The molecule has 0 aromatic carbocycles. The highest BCUT2D eigenvalue weighted by Crippen LogP contribution is 2.61. The maximum absolute atomic E-state index is 2.73. The van der Waals surface area contributed by atoms with Crippen LogP contribution in [0.2, 0.25) is 0 Å². The average molecular weight is 456 g/mol. The molecule has 0 heterocycles. The maximum Gasteiger partial charge on any atom is 0.00495 e. The Morgan fingerprint density at radius 1 is 0.840 bits per heavy atom. The minimum absolute atomic E-state index is 0.656. The minimum Gasteiger partial charge on any atom is -0.0858 e. The Kier molecular flexibility index (Phi) is 5.31. The molecule has 0 nitrogen and oxygen atoms in total. The van der Waals surface area contributed by atoms with Crippen molar-refractivity contribution >= 4 is 22.6 Å². The molecule has 0 amide bonds. The Morgan fingerprint density at radius 3 is 2.08 bits per heavy atom. The fourth-order valence-corrected chi connectivity index (χ4v) is 8.77. The van der Waals surface area contributed by atoms with E-state index in [1.807, 2.05) is 0 Å². The van der Waals surface area contributed by atoms with Crippen molar-refractivity contribution in [2.75, 3.05) is 4.43 Å². The van der Waals surface area contributed by atoms with Gasteiger partial charge in [0, 0.05) is 4.43 Å². The fraction of sp³-hybridized carbons (Fsp3) is 1.00. The van der Waals surface area contributed by atoms with Gasteiger partial charge in [-0.3, -0.25) is 0 Å². The highest BCUT2D eigenvalue weighted by Gasteiger charge is 2.50. The van der Waals surface area contributed by atoms with Crippen LogP contribution in [0.1, 0.15) is 104 Å². The zero-order valence-electron chi connectivity index (χ0n) is 17.1. The summed E-state index contributed by atoms with van der Waals surface area (Å²) in [4.78, 5) is 0. The molecule has 0 radical (unpaired) electrons. The maximum atomic E-state index is 2.73. The topological polar surface area (TPSA) is 0 Å². The van der Waals surface area contributed by atoms with E-state index in [2.05, 4.69) is 43.4 Å². The summed E-state index contributed by atoms with van der Waals surface area (Å²) in [7, 11) is 0. The van der Waals surface area contributed by atoms with Crippen molar-refractivity contribution in [3.8, 4) is 0 Å². The van der Waals surface area contributed by atoms with E-state index in [1.54, 1.807) is 51.4 Å². The standard InChI is InChI=1S/C24H41I/c1-18-6-9-24(10-7-18)8-4-5-21(16-24)23(3)14-19-11-20(15-23)13-22(2,12-19)17-25/h18-21H,4-17H2,1-3H3. The van der Waals surface area contributed by atoms with Crippen LogP contribution in [0.5, 0.6) is 0 Å². The first kappa shape index (κ1) is 19.1. The Hall–Kier alpha value is 0.730. The van der Waals surface area contributed by atoms with E-state index in [-0.39, 0.29) is 0 Å². The first-order valence-corrected chi connectivity index (χ1v) is 12.9. The summed E-state index contributed by atoms with van der Waals surface area (Å²) >= 11 is 2.66. The van der Waals surface area contributed by atoms with Gasteiger partial charge in [0.25, 0.3) is 0 Å². The second kappa shape index (κ2) is 6.96. The van der Waals surface area contributed by atoms with Crippen LogP contribution in [0.15, 0.2) is 0 Å². The van der Waals surface area contributed by atoms with Crippen LogP contribution < -0.4 is 0 Å². The summed E-state index contributed by atoms with van der Waals surface area (Å²) in [5.41, 5.74) is 2.10. The number of halogens is 1. The van der Waals surface area contributed by atoms with E-state index >= 15 is 0 Å². The number of fused-ring (bicyclic) bond motifs is 2. The second-order valence-electron chi connectivity index (χ2n) is 11.9. The molecular weight excluding hydrogens is 415 g/mol. The molecule has 4 fully saturated rings. The Labute approximate surface area is 170 Å². The lowest BCUT2D eigenvalue weighted by molar-refractivity contribution is -0.0540. The van der Waals surface area contributed by atoms with Crippen molar-refractivity contribution in [3.05, 3.63) is 0 Å². The van der Waals surface area contributed by atoms with Gasteiger partial charge in [-0.2, -0.15) is 0 Å². The van der Waals surface area contributed by atoms with Gasteiger partial charge >= 0.3 is 0 Å². The van der Waals surface area contributed by atoms with Crippen molar-refractivity contribution < 1.29 is 0 Å². The summed E-state index contributed by atoms with van der Waals surface area (Å²) in [5, 5.41) is 0. The van der Waals surface area contributed by atoms with Gasteiger partial charge in [-0.15, -0.1) is 0 Å². The molecule has 25 heavy (non-hydrogen) atoms. The molecule has 0 aromatic heterocycles. The average Bonchev–Trinajstić information content (AvgIpc) is 2.57. The monoisotopic (exact) mass is 456 g/mol. The molecule has 144 valence electrons. The van der Waals surface area contributed by atoms with Crippen LogP contribution in [0.4, 0.5) is 0 Å². The zero-order chi connectivity index (χ0) is 17.7. The highest BCUT2D eigenvalue weighted by atomic mass is 127. The van der Waals surface area contributed by atoms with Crippen LogP contribution in [0.25, 0.3) is 0 Å². The molecule has 0 aliphatic heterocycles. The first-order chi connectivity index (χ1) is 11.8. The summed E-state index contributed by atoms with van der Waals surface area (Å²) in [6, 6.07) is 0. The molecule has 3 unspecified atom stereocenters. The van der Waals surface area contributed by atoms with Gasteiger partial charge in [0.2, 0.25) is 0 Å². The van der Waals surface area contributed by atoms with Crippen molar-refractivity contribution in [2.24, 2.45) is 39.9 Å². The highest BCUT2D eigenvalue weighted by molar-refractivity contribution is 14.1. The molecule has 0 saturated heterocycles. The number of alkyl halides is 1. The van der Waals surface area contributed by atoms with Gasteiger partial charge in [-0.1, -0.05) is 62.6 Å². The largest absolute Gasteiger partial charge is 0.0858 e. The molecule has 0 N–H and O–H groups in total. The summed E-state index contributed by atoms with van der Waals surface area (Å²) in [5.74, 6) is 4.13. The van der Waals surface area contributed by atoms with Crippen LogP contribution >= 0.6 is 22.6 Å². The Balaban J connectivity index is 1.46. The predicted molar refractivity (Wildman–Crippen MR) is 117 cm³/mol. The van der Waals surface area contributed by atoms with Crippen LogP contribution in [-0.4, -0.2) is 4.43 Å². The quantitative estimate of drug-likeness (QED) is 0.291. The molecule has 4 saturated carbocycles. The van der Waals surface area contributed by atoms with Gasteiger partial charge in [0.15, 0.2) is 0 Å². The van der Waals surface area contributed by atoms with Crippen molar-refractivity contribution in [2.45, 2.75) is 104 Å². The molecule has 1 spiro atoms. The summed E-state index contributed by atoms with van der Waals surface area (Å²) in [6.07, 6.45) is 20.1. The van der Waals surface area contributed by atoms with E-state index in [0.717, 1.165) is 29.1 Å². The fourth-order valence-electron chi connectivity index (χ4n) is 8.14. The van der Waals surface area contributed by atoms with Gasteiger partial charge in [0.05, 0.1) is 0 Å². The predicted octanol–water partition coefficient (Wildman–Crippen LogP) is 8.03. The molecular formula is C24H41I. The van der Waals surface area contributed by atoms with Crippen LogP contribution in [0.3, 0.4) is 0 Å². The molecule has 1 heteroatoms. The molecule has 4 aliphatic carbocycles. The second-order valence-corrected chi connectivity index (χ2v) is 12.6. The van der Waals surface area contributed by atoms with Gasteiger partial charge in [-0.05, 0) is 104 Å². The van der Waals surface area contributed by atoms with Gasteiger partial charge in [0.1, 0.15) is 0 Å². The van der Waals surface area contributed by atoms with Crippen LogP contribution in [0, 0.1) is 39.9 Å². The Bertz CT molecular complexity index is 458. The zero-order valence-corrected chi connectivity index (χ0v) is 19.2. The summed E-state index contributed by atoms with van der Waals surface area (Å²) < 4.78 is 1.37. The van der Waals surface area contributed by atoms with Crippen molar-refractivity contribution in [3.63, 3.8) is 0 Å². The van der Waals surface area contributed by atoms with Gasteiger partial charge < -0.3 is 0 Å². The lowest BCUT2D eigenvalue weighted by Gasteiger charge is -2.56. The third-order valence-electron chi connectivity index (χ3n) is 9.32. The SMILES string of the molecule is CC1CCC2(CCCC(C3(C)CC4CC(CC(C)(CI)C4)C3)C2)CC1. The normalized spacial score (nSPS) is 53.8. The van der Waals surface area contributed by atoms with E-state index in [4.69, 9.17) is 0 Å². The first-order valence-electron chi connectivity index (χ1n) is 11.4. The van der Waals surface area contributed by atoms with E-state index in [1.165, 1.54) is 36.5 Å². The lowest BCUT2D eigenvalue weighted by atomic mass is 9.49. The summed E-state index contributed by atoms with van der Waals surface area (Å²) in [6.45, 7) is 7.80. The third kappa shape index (κ3) is 3.83. The minimum atomic E-state index is 0.656. The Morgan fingerprint density at radius 2 is 1.48 bits per heavy atom. The molecule has 3 atom stereocenters.